The fourth-order valence-electron chi connectivity index (χ4n) is 1.46. The first-order valence-electron chi connectivity index (χ1n) is 6.13. The lowest BCUT2D eigenvalue weighted by Gasteiger charge is -2.06. The zero-order chi connectivity index (χ0) is 15.5. The van der Waals surface area contributed by atoms with Gasteiger partial charge in [0, 0.05) is 6.04 Å². The van der Waals surface area contributed by atoms with Gasteiger partial charge in [-0.25, -0.2) is 13.1 Å². The average molecular weight is 306 g/mol. The number of nitriles is 1. The van der Waals surface area contributed by atoms with Gasteiger partial charge in [0.15, 0.2) is 5.84 Å². The van der Waals surface area contributed by atoms with Gasteiger partial charge in [0.25, 0.3) is 0 Å². The van der Waals surface area contributed by atoms with Crippen LogP contribution < -0.4 is 15.9 Å². The monoisotopic (exact) mass is 306 g/mol. The number of hydrogen-bond donors (Lipinski definition) is 4. The molecule has 1 aliphatic carbocycles. The fraction of sp³-hybridized carbons (Fsp3) is 0.250. The molecule has 1 saturated carbocycles. The van der Waals surface area contributed by atoms with Crippen LogP contribution in [0, 0.1) is 16.7 Å². The second kappa shape index (κ2) is 5.90. The Morgan fingerprint density at radius 3 is 2.48 bits per heavy atom. The maximum atomic E-state index is 11.9. The van der Waals surface area contributed by atoms with Crippen molar-refractivity contribution in [1.29, 1.82) is 10.7 Å². The summed E-state index contributed by atoms with van der Waals surface area (Å²) >= 11 is 0. The first kappa shape index (κ1) is 15.0. The Morgan fingerprint density at radius 2 is 2.00 bits per heavy atom. The van der Waals surface area contributed by atoms with Crippen LogP contribution in [0.25, 0.3) is 0 Å². The van der Waals surface area contributed by atoms with Crippen LogP contribution in [0.5, 0.6) is 0 Å². The topological polar surface area (TPSA) is 144 Å². The minimum atomic E-state index is -3.48. The average Bonchev–Trinajstić information content (AvgIpc) is 3.23. The summed E-state index contributed by atoms with van der Waals surface area (Å²) in [6.07, 6.45) is 1.74. The predicted molar refractivity (Wildman–Crippen MR) is 78.4 cm³/mol. The summed E-state index contributed by atoms with van der Waals surface area (Å²) in [5, 5.41) is 19.4. The summed E-state index contributed by atoms with van der Waals surface area (Å²) in [5.41, 5.74) is 7.92. The van der Waals surface area contributed by atoms with Gasteiger partial charge in [-0.05, 0) is 37.1 Å². The van der Waals surface area contributed by atoms with E-state index in [9.17, 15) is 8.42 Å². The second-order valence-corrected chi connectivity index (χ2v) is 6.23. The van der Waals surface area contributed by atoms with E-state index in [0.717, 1.165) is 12.8 Å². The van der Waals surface area contributed by atoms with Crippen molar-refractivity contribution < 1.29 is 8.42 Å². The van der Waals surface area contributed by atoms with Gasteiger partial charge in [-0.2, -0.15) is 10.4 Å². The van der Waals surface area contributed by atoms with Crippen molar-refractivity contribution in [2.24, 2.45) is 10.8 Å². The lowest BCUT2D eigenvalue weighted by Crippen LogP contribution is -2.25. The van der Waals surface area contributed by atoms with E-state index in [2.05, 4.69) is 15.2 Å². The van der Waals surface area contributed by atoms with Crippen molar-refractivity contribution in [1.82, 2.24) is 4.72 Å². The van der Waals surface area contributed by atoms with Crippen LogP contribution in [0.4, 0.5) is 5.69 Å². The molecule has 0 amide bonds. The van der Waals surface area contributed by atoms with Crippen molar-refractivity contribution in [3.8, 4) is 6.07 Å². The normalized spacial score (nSPS) is 15.3. The quantitative estimate of drug-likeness (QED) is 0.340. The molecule has 0 heterocycles. The van der Waals surface area contributed by atoms with E-state index in [1.54, 1.807) is 6.07 Å². The first-order chi connectivity index (χ1) is 9.92. The number of hydrogen-bond acceptors (Lipinski definition) is 6. The Bertz CT molecular complexity index is 713. The lowest BCUT2D eigenvalue weighted by molar-refractivity contribution is 0.581. The van der Waals surface area contributed by atoms with Gasteiger partial charge in [-0.3, -0.25) is 10.8 Å². The van der Waals surface area contributed by atoms with E-state index in [0.29, 0.717) is 5.69 Å². The number of nitrogens with two attached hydrogens (primary N) is 1. The zero-order valence-electron chi connectivity index (χ0n) is 11.0. The van der Waals surface area contributed by atoms with Gasteiger partial charge < -0.3 is 5.73 Å². The Labute approximate surface area is 122 Å². The smallest absolute Gasteiger partial charge is 0.240 e. The summed E-state index contributed by atoms with van der Waals surface area (Å²) in [4.78, 5) is 0.163. The SMILES string of the molecule is N#C/C(=N\Nc1ccc(S(=O)(=O)NC2CC2)cc1)C(=N)N. The molecule has 110 valence electrons. The highest BCUT2D eigenvalue weighted by Crippen LogP contribution is 2.22. The predicted octanol–water partition coefficient (Wildman–Crippen LogP) is 0.355. The number of rotatable bonds is 6. The number of nitrogens with zero attached hydrogens (tertiary/aromatic N) is 2. The number of benzene rings is 1. The van der Waals surface area contributed by atoms with Crippen LogP contribution >= 0.6 is 0 Å². The van der Waals surface area contributed by atoms with Gasteiger partial charge in [-0.1, -0.05) is 0 Å². The summed E-state index contributed by atoms with van der Waals surface area (Å²) in [7, 11) is -3.48. The minimum Gasteiger partial charge on any atom is -0.382 e. The van der Waals surface area contributed by atoms with Crippen LogP contribution in [0.15, 0.2) is 34.3 Å². The fourth-order valence-corrected chi connectivity index (χ4v) is 2.77. The van der Waals surface area contributed by atoms with Crippen molar-refractivity contribution in [3.63, 3.8) is 0 Å². The Hall–Kier alpha value is -2.44. The van der Waals surface area contributed by atoms with E-state index in [1.807, 2.05) is 0 Å². The molecule has 1 fully saturated rings. The van der Waals surface area contributed by atoms with E-state index in [1.165, 1.54) is 24.3 Å². The second-order valence-electron chi connectivity index (χ2n) is 4.52. The first-order valence-corrected chi connectivity index (χ1v) is 7.61. The maximum Gasteiger partial charge on any atom is 0.240 e. The van der Waals surface area contributed by atoms with E-state index < -0.39 is 15.9 Å². The van der Waals surface area contributed by atoms with Crippen molar-refractivity contribution in [3.05, 3.63) is 24.3 Å². The summed E-state index contributed by atoms with van der Waals surface area (Å²) in [6.45, 7) is 0. The van der Waals surface area contributed by atoms with Crippen molar-refractivity contribution in [2.45, 2.75) is 23.8 Å². The molecule has 1 aromatic carbocycles. The molecule has 1 aliphatic rings. The third-order valence-corrected chi connectivity index (χ3v) is 4.26. The van der Waals surface area contributed by atoms with Gasteiger partial charge in [0.2, 0.25) is 15.7 Å². The molecule has 9 heteroatoms. The van der Waals surface area contributed by atoms with E-state index in [-0.39, 0.29) is 16.6 Å². The van der Waals surface area contributed by atoms with Crippen molar-refractivity contribution >= 4 is 27.3 Å². The third-order valence-electron chi connectivity index (χ3n) is 2.72. The molecule has 2 rings (SSSR count). The zero-order valence-corrected chi connectivity index (χ0v) is 11.8. The molecule has 0 atom stereocenters. The molecule has 0 aliphatic heterocycles. The van der Waals surface area contributed by atoms with Crippen LogP contribution in [-0.2, 0) is 10.0 Å². The van der Waals surface area contributed by atoms with Crippen LogP contribution in [-0.4, -0.2) is 26.0 Å². The largest absolute Gasteiger partial charge is 0.382 e. The van der Waals surface area contributed by atoms with Crippen LogP contribution in [0.3, 0.4) is 0 Å². The third kappa shape index (κ3) is 4.01. The molecule has 0 aromatic heterocycles. The number of amidine groups is 1. The molecule has 21 heavy (non-hydrogen) atoms. The molecule has 0 unspecified atom stereocenters. The van der Waals surface area contributed by atoms with Crippen molar-refractivity contribution in [2.75, 3.05) is 5.43 Å². The molecule has 0 spiro atoms. The number of sulfonamides is 1. The molecular weight excluding hydrogens is 292 g/mol. The van der Waals surface area contributed by atoms with Crippen LogP contribution in [0.2, 0.25) is 0 Å². The molecular formula is C12H14N6O2S. The number of hydrazone groups is 1. The minimum absolute atomic E-state index is 0.0474. The highest BCUT2D eigenvalue weighted by Gasteiger charge is 2.27. The molecule has 5 N–H and O–H groups in total. The Kier molecular flexibility index (Phi) is 4.21. The van der Waals surface area contributed by atoms with E-state index >= 15 is 0 Å². The van der Waals surface area contributed by atoms with Gasteiger partial charge in [-0.15, -0.1) is 0 Å². The van der Waals surface area contributed by atoms with Gasteiger partial charge in [0.05, 0.1) is 10.6 Å². The summed E-state index contributed by atoms with van der Waals surface area (Å²) in [5.74, 6) is -0.446. The van der Waals surface area contributed by atoms with Gasteiger partial charge in [0.1, 0.15) is 6.07 Å². The molecule has 1 aromatic rings. The number of anilines is 1. The van der Waals surface area contributed by atoms with Gasteiger partial charge >= 0.3 is 0 Å². The van der Waals surface area contributed by atoms with E-state index in [4.69, 9.17) is 16.4 Å². The molecule has 0 radical (unpaired) electrons. The standard InChI is InChI=1S/C12H14N6O2S/c13-7-11(12(14)15)17-16-8-3-5-10(6-4-8)21(19,20)18-9-1-2-9/h3-6,9,16,18H,1-2H2,(H3,14,15)/b17-11+. The number of nitrogens with one attached hydrogen (secondary N) is 3. The highest BCUT2D eigenvalue weighted by molar-refractivity contribution is 7.89. The Morgan fingerprint density at radius 1 is 1.38 bits per heavy atom. The maximum absolute atomic E-state index is 11.9. The summed E-state index contributed by atoms with van der Waals surface area (Å²) < 4.78 is 26.5. The Balaban J connectivity index is 2.09. The molecule has 0 bridgehead atoms. The molecule has 0 saturated heterocycles. The lowest BCUT2D eigenvalue weighted by atomic mass is 10.3. The highest BCUT2D eigenvalue weighted by atomic mass is 32.2. The molecule has 8 nitrogen and oxygen atoms in total. The van der Waals surface area contributed by atoms with Crippen LogP contribution in [0.1, 0.15) is 12.8 Å². The summed E-state index contributed by atoms with van der Waals surface area (Å²) in [6, 6.07) is 7.61.